The van der Waals surface area contributed by atoms with E-state index in [1.165, 1.54) is 18.3 Å². The van der Waals surface area contributed by atoms with Crippen molar-refractivity contribution in [2.45, 2.75) is 44.4 Å². The van der Waals surface area contributed by atoms with Crippen LogP contribution in [0.4, 0.5) is 4.39 Å². The second-order valence-electron chi connectivity index (χ2n) is 10.3. The van der Waals surface area contributed by atoms with Gasteiger partial charge in [-0.3, -0.25) is 19.5 Å². The van der Waals surface area contributed by atoms with Crippen LogP contribution in [0.1, 0.15) is 57.7 Å². The van der Waals surface area contributed by atoms with Gasteiger partial charge in [0.1, 0.15) is 17.3 Å². The number of nitrogens with zero attached hydrogens (tertiary/aromatic N) is 4. The summed E-state index contributed by atoms with van der Waals surface area (Å²) in [7, 11) is 0. The van der Waals surface area contributed by atoms with Gasteiger partial charge in [-0.2, -0.15) is 5.26 Å². The standard InChI is InChI=1S/C31H32FN5O3/c32-25-6-1-23(2-7-25)21-36-15-17-37(18-16-36)31(39)24-5-14-29(34-20-24)30(38)35-26-8-12-28(13-9-26)40-27-10-3-22(19-33)4-11-27/h1-7,10-11,14,20,26,28H,8-9,12-13,15-18,21H2,(H,35,38)/t26-,28+. The number of piperazine rings is 1. The fraction of sp³-hybridized carbons (Fsp3) is 0.355. The predicted molar refractivity (Wildman–Crippen MR) is 147 cm³/mol. The van der Waals surface area contributed by atoms with Gasteiger partial charge in [0.15, 0.2) is 0 Å². The highest BCUT2D eigenvalue weighted by Crippen LogP contribution is 2.24. The summed E-state index contributed by atoms with van der Waals surface area (Å²) in [5.74, 6) is 0.161. The number of hydrogen-bond acceptors (Lipinski definition) is 6. The Hall–Kier alpha value is -4.29. The SMILES string of the molecule is N#Cc1ccc(O[C@H]2CC[C@@H](NC(=O)c3ccc(C(=O)N4CCN(Cc5ccc(F)cc5)CC4)cn3)CC2)cc1. The van der Waals surface area contributed by atoms with Crippen molar-refractivity contribution in [3.05, 3.63) is 95.1 Å². The van der Waals surface area contributed by atoms with E-state index in [-0.39, 0.29) is 35.5 Å². The first-order valence-electron chi connectivity index (χ1n) is 13.7. The van der Waals surface area contributed by atoms with Crippen molar-refractivity contribution < 1.29 is 18.7 Å². The Kier molecular flexibility index (Phi) is 8.67. The van der Waals surface area contributed by atoms with Gasteiger partial charge >= 0.3 is 0 Å². The lowest BCUT2D eigenvalue weighted by molar-refractivity contribution is 0.0627. The molecule has 1 aromatic heterocycles. The van der Waals surface area contributed by atoms with E-state index in [0.717, 1.165) is 56.6 Å². The summed E-state index contributed by atoms with van der Waals surface area (Å²) < 4.78 is 19.2. The molecular weight excluding hydrogens is 509 g/mol. The molecule has 2 fully saturated rings. The molecule has 40 heavy (non-hydrogen) atoms. The maximum absolute atomic E-state index is 13.1. The van der Waals surface area contributed by atoms with Crippen molar-refractivity contribution >= 4 is 11.8 Å². The predicted octanol–water partition coefficient (Wildman–Crippen LogP) is 4.17. The normalized spacial score (nSPS) is 19.4. The third-order valence-corrected chi connectivity index (χ3v) is 7.52. The third-order valence-electron chi connectivity index (χ3n) is 7.52. The Morgan fingerprint density at radius 1 is 0.950 bits per heavy atom. The molecule has 206 valence electrons. The van der Waals surface area contributed by atoms with Crippen LogP contribution in [0.5, 0.6) is 5.75 Å². The lowest BCUT2D eigenvalue weighted by Crippen LogP contribution is -2.48. The van der Waals surface area contributed by atoms with E-state index in [2.05, 4.69) is 21.3 Å². The van der Waals surface area contributed by atoms with Crippen molar-refractivity contribution in [2.75, 3.05) is 26.2 Å². The van der Waals surface area contributed by atoms with Crippen LogP contribution in [0, 0.1) is 17.1 Å². The van der Waals surface area contributed by atoms with Crippen molar-refractivity contribution in [3.63, 3.8) is 0 Å². The quantitative estimate of drug-likeness (QED) is 0.482. The van der Waals surface area contributed by atoms with Crippen molar-refractivity contribution in [1.82, 2.24) is 20.1 Å². The second kappa shape index (κ2) is 12.7. The average molecular weight is 542 g/mol. The number of carbonyl (C=O) groups is 2. The maximum atomic E-state index is 13.1. The maximum Gasteiger partial charge on any atom is 0.270 e. The van der Waals surface area contributed by atoms with E-state index in [0.29, 0.717) is 24.2 Å². The summed E-state index contributed by atoms with van der Waals surface area (Å²) in [5, 5.41) is 12.0. The molecule has 1 aliphatic heterocycles. The molecule has 9 heteroatoms. The van der Waals surface area contributed by atoms with Crippen LogP contribution in [-0.4, -0.2) is 64.9 Å². The molecule has 1 aliphatic carbocycles. The van der Waals surface area contributed by atoms with Crippen LogP contribution in [0.15, 0.2) is 66.9 Å². The summed E-state index contributed by atoms with van der Waals surface area (Å²) in [5.41, 5.74) is 2.40. The smallest absolute Gasteiger partial charge is 0.270 e. The zero-order valence-electron chi connectivity index (χ0n) is 22.3. The summed E-state index contributed by atoms with van der Waals surface area (Å²) in [4.78, 5) is 34.1. The van der Waals surface area contributed by atoms with Gasteiger partial charge < -0.3 is 15.0 Å². The van der Waals surface area contributed by atoms with Gasteiger partial charge in [-0.15, -0.1) is 0 Å². The van der Waals surface area contributed by atoms with Crippen LogP contribution in [0.2, 0.25) is 0 Å². The van der Waals surface area contributed by atoms with Gasteiger partial charge in [0.25, 0.3) is 11.8 Å². The summed E-state index contributed by atoms with van der Waals surface area (Å²) in [6.45, 7) is 3.38. The molecule has 1 saturated carbocycles. The lowest BCUT2D eigenvalue weighted by Gasteiger charge is -2.34. The first-order valence-corrected chi connectivity index (χ1v) is 13.7. The third kappa shape index (κ3) is 7.01. The van der Waals surface area contributed by atoms with E-state index < -0.39 is 0 Å². The van der Waals surface area contributed by atoms with Crippen LogP contribution in [-0.2, 0) is 6.54 Å². The van der Waals surface area contributed by atoms with Gasteiger partial charge in [-0.05, 0) is 79.8 Å². The number of nitrogens with one attached hydrogen (secondary N) is 1. The van der Waals surface area contributed by atoms with E-state index in [1.807, 2.05) is 12.1 Å². The highest BCUT2D eigenvalue weighted by molar-refractivity contribution is 5.96. The molecule has 8 nitrogen and oxygen atoms in total. The Labute approximate surface area is 233 Å². The fourth-order valence-electron chi connectivity index (χ4n) is 5.18. The molecule has 2 heterocycles. The highest BCUT2D eigenvalue weighted by Gasteiger charge is 2.25. The minimum atomic E-state index is -0.245. The summed E-state index contributed by atoms with van der Waals surface area (Å²) >= 11 is 0. The van der Waals surface area contributed by atoms with Crippen LogP contribution >= 0.6 is 0 Å². The number of amides is 2. The molecule has 2 amide bonds. The van der Waals surface area contributed by atoms with E-state index in [1.54, 1.807) is 41.3 Å². The molecular formula is C31H32FN5O3. The minimum Gasteiger partial charge on any atom is -0.490 e. The van der Waals surface area contributed by atoms with Gasteiger partial charge in [0.2, 0.25) is 0 Å². The fourth-order valence-corrected chi connectivity index (χ4v) is 5.18. The highest BCUT2D eigenvalue weighted by atomic mass is 19.1. The second-order valence-corrected chi connectivity index (χ2v) is 10.3. The van der Waals surface area contributed by atoms with Gasteiger partial charge in [-0.25, -0.2) is 4.39 Å². The van der Waals surface area contributed by atoms with Gasteiger partial charge in [0.05, 0.1) is 23.3 Å². The van der Waals surface area contributed by atoms with Crippen LogP contribution < -0.4 is 10.1 Å². The Bertz CT molecular complexity index is 1340. The molecule has 2 aliphatic rings. The van der Waals surface area contributed by atoms with E-state index in [9.17, 15) is 14.0 Å². The largest absolute Gasteiger partial charge is 0.490 e. The molecule has 0 radical (unpaired) electrons. The molecule has 1 saturated heterocycles. The number of pyridine rings is 1. The molecule has 0 atom stereocenters. The van der Waals surface area contributed by atoms with Gasteiger partial charge in [0, 0.05) is 45.0 Å². The lowest BCUT2D eigenvalue weighted by atomic mass is 9.92. The van der Waals surface area contributed by atoms with Gasteiger partial charge in [-0.1, -0.05) is 12.1 Å². The number of ether oxygens (including phenoxy) is 1. The minimum absolute atomic E-state index is 0.0441. The number of hydrogen-bond donors (Lipinski definition) is 1. The number of rotatable bonds is 7. The molecule has 1 N–H and O–H groups in total. The Morgan fingerprint density at radius 3 is 2.27 bits per heavy atom. The number of carbonyl (C=O) groups excluding carboxylic acids is 2. The molecule has 0 unspecified atom stereocenters. The number of nitriles is 1. The number of aromatic nitrogens is 1. The van der Waals surface area contributed by atoms with Crippen molar-refractivity contribution in [3.8, 4) is 11.8 Å². The van der Waals surface area contributed by atoms with E-state index in [4.69, 9.17) is 10.00 Å². The molecule has 2 aromatic carbocycles. The number of halogens is 1. The van der Waals surface area contributed by atoms with Crippen molar-refractivity contribution in [1.29, 1.82) is 5.26 Å². The number of benzene rings is 2. The molecule has 3 aromatic rings. The Morgan fingerprint density at radius 2 is 1.65 bits per heavy atom. The van der Waals surface area contributed by atoms with Crippen LogP contribution in [0.3, 0.4) is 0 Å². The monoisotopic (exact) mass is 541 g/mol. The molecule has 0 spiro atoms. The Balaban J connectivity index is 1.05. The summed E-state index contributed by atoms with van der Waals surface area (Å²) in [6.07, 6.45) is 4.80. The zero-order valence-corrected chi connectivity index (χ0v) is 22.3. The first kappa shape index (κ1) is 27.3. The summed E-state index contributed by atoms with van der Waals surface area (Å²) in [6, 6.07) is 19.0. The van der Waals surface area contributed by atoms with E-state index >= 15 is 0 Å². The topological polar surface area (TPSA) is 98.6 Å². The molecule has 5 rings (SSSR count). The van der Waals surface area contributed by atoms with Crippen LogP contribution in [0.25, 0.3) is 0 Å². The zero-order chi connectivity index (χ0) is 27.9. The van der Waals surface area contributed by atoms with Crippen molar-refractivity contribution in [2.24, 2.45) is 0 Å². The first-order chi connectivity index (χ1) is 19.5. The average Bonchev–Trinajstić information content (AvgIpc) is 3.00. The molecule has 0 bridgehead atoms.